The van der Waals surface area contributed by atoms with Gasteiger partial charge in [-0.15, -0.1) is 11.8 Å². The second-order valence-electron chi connectivity index (χ2n) is 6.54. The van der Waals surface area contributed by atoms with Gasteiger partial charge < -0.3 is 25.4 Å². The number of nitrogens with one attached hydrogen (secondary N) is 1. The van der Waals surface area contributed by atoms with Crippen LogP contribution in [0, 0.1) is 5.41 Å². The molecule has 1 saturated heterocycles. The van der Waals surface area contributed by atoms with Crippen molar-refractivity contribution in [2.75, 3.05) is 13.1 Å². The topological polar surface area (TPSA) is 120 Å². The molecule has 3 aliphatic rings. The molecule has 1 saturated carbocycles. The number of carboxylic acids is 1. The fraction of sp³-hybridized carbons (Fsp3) is 0.467. The number of nitrogens with two attached hydrogens (primary N) is 1. The van der Waals surface area contributed by atoms with Crippen molar-refractivity contribution in [3.8, 4) is 5.75 Å². The number of hydrogen-bond donors (Lipinski definition) is 4. The second kappa shape index (κ2) is 5.59. The van der Waals surface area contributed by atoms with Gasteiger partial charge in [0, 0.05) is 29.1 Å². The summed E-state index contributed by atoms with van der Waals surface area (Å²) in [5.41, 5.74) is 6.55. The van der Waals surface area contributed by atoms with Crippen molar-refractivity contribution in [1.29, 1.82) is 5.41 Å². The van der Waals surface area contributed by atoms with E-state index >= 15 is 0 Å². The minimum Gasteiger partial charge on any atom is -0.535 e. The standard InChI is InChI=1S/C15H18BN3O4S/c17-15(18)19-4-3-7(6-19)24-11-2-1-8-9-5-10(9)16(22)23-13(8)12(11)14(20)21/h1-2,7,9-10,22H,3-6H2,(H3,17,18)(H,20,21). The Morgan fingerprint density at radius 3 is 2.96 bits per heavy atom. The Morgan fingerprint density at radius 2 is 2.29 bits per heavy atom. The molecule has 0 spiro atoms. The Kier molecular flexibility index (Phi) is 3.65. The molecule has 0 radical (unpaired) electrons. The minimum absolute atomic E-state index is 0.0493. The molecule has 4 rings (SSSR count). The van der Waals surface area contributed by atoms with Gasteiger partial charge in [0.05, 0.1) is 0 Å². The van der Waals surface area contributed by atoms with Crippen molar-refractivity contribution in [1.82, 2.24) is 4.90 Å². The fourth-order valence-corrected chi connectivity index (χ4v) is 4.90. The van der Waals surface area contributed by atoms with Crippen molar-refractivity contribution in [3.05, 3.63) is 23.3 Å². The molecular formula is C15H18BN3O4S. The average Bonchev–Trinajstić information content (AvgIpc) is 3.19. The summed E-state index contributed by atoms with van der Waals surface area (Å²) in [4.78, 5) is 14.3. The van der Waals surface area contributed by atoms with Crippen molar-refractivity contribution >= 4 is 30.8 Å². The Morgan fingerprint density at radius 1 is 1.50 bits per heavy atom. The molecule has 7 nitrogen and oxygen atoms in total. The Balaban J connectivity index is 1.63. The average molecular weight is 347 g/mol. The van der Waals surface area contributed by atoms with E-state index in [0.717, 1.165) is 18.4 Å². The van der Waals surface area contributed by atoms with E-state index in [9.17, 15) is 14.9 Å². The molecule has 3 unspecified atom stereocenters. The summed E-state index contributed by atoms with van der Waals surface area (Å²) >= 11 is 1.48. The summed E-state index contributed by atoms with van der Waals surface area (Å²) in [5, 5.41) is 27.3. The normalized spacial score (nSPS) is 27.3. The van der Waals surface area contributed by atoms with E-state index in [-0.39, 0.29) is 28.5 Å². The molecule has 126 valence electrons. The third-order valence-corrected chi connectivity index (χ3v) is 6.30. The van der Waals surface area contributed by atoms with Gasteiger partial charge in [0.1, 0.15) is 11.3 Å². The van der Waals surface area contributed by atoms with Gasteiger partial charge >= 0.3 is 13.1 Å². The van der Waals surface area contributed by atoms with E-state index in [4.69, 9.17) is 15.8 Å². The number of carbonyl (C=O) groups is 1. The number of carboxylic acid groups (broad SMARTS) is 1. The van der Waals surface area contributed by atoms with E-state index in [1.54, 1.807) is 4.90 Å². The predicted octanol–water partition coefficient (Wildman–Crippen LogP) is 1.18. The van der Waals surface area contributed by atoms with Gasteiger partial charge in [0.15, 0.2) is 5.96 Å². The molecule has 5 N–H and O–H groups in total. The fourth-order valence-electron chi connectivity index (χ4n) is 3.62. The molecule has 1 aromatic carbocycles. The van der Waals surface area contributed by atoms with Crippen LogP contribution in [-0.4, -0.2) is 52.4 Å². The summed E-state index contributed by atoms with van der Waals surface area (Å²) in [7, 11) is -0.916. The lowest BCUT2D eigenvalue weighted by molar-refractivity contribution is 0.0690. The van der Waals surface area contributed by atoms with Gasteiger partial charge in [-0.05, 0) is 30.4 Å². The number of thioether (sulfide) groups is 1. The van der Waals surface area contributed by atoms with E-state index in [1.165, 1.54) is 11.8 Å². The Hall–Kier alpha value is -1.87. The number of hydrogen-bond acceptors (Lipinski definition) is 5. The maximum Gasteiger partial charge on any atom is 0.526 e. The molecule has 0 amide bonds. The highest BCUT2D eigenvalue weighted by Gasteiger charge is 2.54. The maximum atomic E-state index is 11.8. The maximum absolute atomic E-state index is 11.8. The third-order valence-electron chi connectivity index (χ3n) is 4.99. The SMILES string of the molecule is N=C(N)N1CCC(Sc2ccc3c(c2C(=O)O)OB(O)C2CC32)C1. The molecule has 1 aromatic rings. The van der Waals surface area contributed by atoms with Crippen LogP contribution in [0.5, 0.6) is 5.75 Å². The van der Waals surface area contributed by atoms with Crippen molar-refractivity contribution in [2.24, 2.45) is 5.73 Å². The molecule has 2 aliphatic heterocycles. The monoisotopic (exact) mass is 347 g/mol. The molecule has 3 atom stereocenters. The summed E-state index contributed by atoms with van der Waals surface area (Å²) < 4.78 is 5.54. The van der Waals surface area contributed by atoms with Crippen molar-refractivity contribution in [2.45, 2.75) is 34.7 Å². The van der Waals surface area contributed by atoms with Crippen LogP contribution in [0.3, 0.4) is 0 Å². The van der Waals surface area contributed by atoms with Gasteiger partial charge in [-0.3, -0.25) is 5.41 Å². The largest absolute Gasteiger partial charge is 0.535 e. The van der Waals surface area contributed by atoms with Crippen molar-refractivity contribution < 1.29 is 19.6 Å². The van der Waals surface area contributed by atoms with E-state index < -0.39 is 13.1 Å². The number of aromatic carboxylic acids is 1. The van der Waals surface area contributed by atoms with Gasteiger partial charge in [0.2, 0.25) is 0 Å². The first-order valence-corrected chi connectivity index (χ1v) is 8.84. The highest BCUT2D eigenvalue weighted by molar-refractivity contribution is 8.00. The minimum atomic E-state index is -1.04. The molecule has 0 aromatic heterocycles. The Labute approximate surface area is 143 Å². The number of fused-ring (bicyclic) bond motifs is 3. The number of nitrogens with zero attached hydrogens (tertiary/aromatic N) is 1. The molecule has 0 bridgehead atoms. The highest BCUT2D eigenvalue weighted by atomic mass is 32.2. The van der Waals surface area contributed by atoms with Crippen LogP contribution in [0.25, 0.3) is 0 Å². The van der Waals surface area contributed by atoms with Gasteiger partial charge in [-0.1, -0.05) is 6.07 Å². The lowest BCUT2D eigenvalue weighted by Crippen LogP contribution is -2.34. The Bertz CT molecular complexity index is 731. The van der Waals surface area contributed by atoms with Crippen molar-refractivity contribution in [3.63, 3.8) is 0 Å². The molecule has 2 heterocycles. The summed E-state index contributed by atoms with van der Waals surface area (Å²) in [6.07, 6.45) is 1.69. The highest BCUT2D eigenvalue weighted by Crippen LogP contribution is 2.60. The predicted molar refractivity (Wildman–Crippen MR) is 90.9 cm³/mol. The van der Waals surface area contributed by atoms with Gasteiger partial charge in [-0.2, -0.15) is 0 Å². The van der Waals surface area contributed by atoms with E-state index in [0.29, 0.717) is 23.7 Å². The molecule has 24 heavy (non-hydrogen) atoms. The lowest BCUT2D eigenvalue weighted by Gasteiger charge is -2.23. The van der Waals surface area contributed by atoms with E-state index in [2.05, 4.69) is 0 Å². The molecule has 1 aliphatic carbocycles. The van der Waals surface area contributed by atoms with Crippen LogP contribution < -0.4 is 10.4 Å². The first kappa shape index (κ1) is 15.7. The van der Waals surface area contributed by atoms with Gasteiger partial charge in [0.25, 0.3) is 0 Å². The first-order valence-electron chi connectivity index (χ1n) is 7.96. The second-order valence-corrected chi connectivity index (χ2v) is 7.88. The summed E-state index contributed by atoms with van der Waals surface area (Å²) in [6.45, 7) is 1.34. The van der Waals surface area contributed by atoms with Crippen LogP contribution in [0.1, 0.15) is 34.7 Å². The zero-order valence-electron chi connectivity index (χ0n) is 12.9. The quantitative estimate of drug-likeness (QED) is 0.368. The van der Waals surface area contributed by atoms with E-state index in [1.807, 2.05) is 12.1 Å². The molecular weight excluding hydrogens is 329 g/mol. The third kappa shape index (κ3) is 2.52. The summed E-state index contributed by atoms with van der Waals surface area (Å²) in [5.74, 6) is -0.368. The zero-order valence-corrected chi connectivity index (χ0v) is 13.8. The number of benzene rings is 1. The van der Waals surface area contributed by atoms with Gasteiger partial charge in [-0.25, -0.2) is 4.79 Å². The van der Waals surface area contributed by atoms with Crippen LogP contribution in [-0.2, 0) is 0 Å². The number of guanidine groups is 1. The molecule has 9 heteroatoms. The number of likely N-dealkylation sites (tertiary alicyclic amines) is 1. The van der Waals surface area contributed by atoms with Crippen LogP contribution in [0.4, 0.5) is 0 Å². The first-order chi connectivity index (χ1) is 11.5. The summed E-state index contributed by atoms with van der Waals surface area (Å²) in [6, 6.07) is 3.78. The smallest absolute Gasteiger partial charge is 0.526 e. The lowest BCUT2D eigenvalue weighted by atomic mass is 9.77. The van der Waals surface area contributed by atoms with Crippen LogP contribution in [0.2, 0.25) is 5.82 Å². The zero-order chi connectivity index (χ0) is 17.0. The molecule has 2 fully saturated rings. The van der Waals surface area contributed by atoms with Crippen LogP contribution >= 0.6 is 11.8 Å². The van der Waals surface area contributed by atoms with Crippen LogP contribution in [0.15, 0.2) is 17.0 Å². The number of rotatable bonds is 3.